The molecule has 0 aliphatic carbocycles. The second kappa shape index (κ2) is 5.52. The number of rotatable bonds is 2. The molecule has 0 spiro atoms. The maximum absolute atomic E-state index is 12.2. The molecule has 2 aromatic carbocycles. The van der Waals surface area contributed by atoms with Crippen molar-refractivity contribution in [2.45, 2.75) is 12.3 Å². The van der Waals surface area contributed by atoms with Crippen molar-refractivity contribution in [3.8, 4) is 11.3 Å². The highest BCUT2D eigenvalue weighted by atomic mass is 16.1. The molecule has 1 aliphatic rings. The van der Waals surface area contributed by atoms with E-state index in [9.17, 15) is 4.79 Å². The smallest absolute Gasteiger partial charge is 0.226 e. The maximum Gasteiger partial charge on any atom is 0.226 e. The molecule has 2 N–H and O–H groups in total. The fourth-order valence-corrected chi connectivity index (χ4v) is 3.64. The molecule has 26 heavy (non-hydrogen) atoms. The van der Waals surface area contributed by atoms with Gasteiger partial charge in [-0.3, -0.25) is 9.89 Å². The zero-order valence-electron chi connectivity index (χ0n) is 14.1. The number of carbonyl (C=O) groups is 1. The van der Waals surface area contributed by atoms with Crippen LogP contribution in [0.1, 0.15) is 23.5 Å². The summed E-state index contributed by atoms with van der Waals surface area (Å²) in [5, 5.41) is 18.6. The van der Waals surface area contributed by atoms with E-state index in [0.29, 0.717) is 12.2 Å². The third kappa shape index (κ3) is 2.21. The van der Waals surface area contributed by atoms with Gasteiger partial charge in [0.2, 0.25) is 5.91 Å². The van der Waals surface area contributed by atoms with E-state index in [4.69, 9.17) is 0 Å². The number of aromatic nitrogens is 5. The highest BCUT2D eigenvalue weighted by Crippen LogP contribution is 2.42. The minimum Gasteiger partial charge on any atom is -0.309 e. The fourth-order valence-electron chi connectivity index (χ4n) is 3.64. The van der Waals surface area contributed by atoms with Crippen molar-refractivity contribution in [2.75, 3.05) is 5.32 Å². The molecule has 0 unspecified atom stereocenters. The monoisotopic (exact) mass is 344 g/mol. The van der Waals surface area contributed by atoms with E-state index in [2.05, 4.69) is 25.8 Å². The molecule has 1 aliphatic heterocycles. The number of aromatic amines is 1. The van der Waals surface area contributed by atoms with E-state index in [1.807, 2.05) is 55.6 Å². The lowest BCUT2D eigenvalue weighted by molar-refractivity contribution is -0.116. The Balaban J connectivity index is 1.68. The molecule has 0 radical (unpaired) electrons. The first-order chi connectivity index (χ1) is 12.7. The molecule has 3 heterocycles. The number of fused-ring (bicyclic) bond motifs is 2. The Hall–Kier alpha value is -3.48. The number of benzene rings is 2. The molecule has 128 valence electrons. The predicted molar refractivity (Wildman–Crippen MR) is 97.6 cm³/mol. The van der Waals surface area contributed by atoms with Crippen LogP contribution in [-0.4, -0.2) is 31.1 Å². The second-order valence-corrected chi connectivity index (χ2v) is 6.49. The van der Waals surface area contributed by atoms with Gasteiger partial charge in [-0.05, 0) is 23.3 Å². The van der Waals surface area contributed by atoms with Gasteiger partial charge in [-0.15, -0.1) is 5.10 Å². The standard InChI is InChI=1S/C19H16N6O/c1-25-15-8-7-12(9-14(15)21-24-25)13-10-16(26)20-19-17(13)18(22-23-19)11-5-3-2-4-6-11/h2-9,13H,10H2,1H3,(H2,20,22,23,26)/t13-/m0/s1. The summed E-state index contributed by atoms with van der Waals surface area (Å²) in [5.74, 6) is 0.483. The van der Waals surface area contributed by atoms with Gasteiger partial charge in [-0.2, -0.15) is 5.10 Å². The number of H-pyrrole nitrogens is 1. The van der Waals surface area contributed by atoms with Crippen molar-refractivity contribution >= 4 is 22.8 Å². The summed E-state index contributed by atoms with van der Waals surface area (Å²) in [6, 6.07) is 16.1. The van der Waals surface area contributed by atoms with Gasteiger partial charge in [0.15, 0.2) is 5.82 Å². The molecule has 0 saturated heterocycles. The van der Waals surface area contributed by atoms with E-state index < -0.39 is 0 Å². The first kappa shape index (κ1) is 14.8. The summed E-state index contributed by atoms with van der Waals surface area (Å²) in [6.07, 6.45) is 0.373. The summed E-state index contributed by atoms with van der Waals surface area (Å²) < 4.78 is 1.74. The van der Waals surface area contributed by atoms with Gasteiger partial charge in [-0.1, -0.05) is 41.6 Å². The number of nitrogens with one attached hydrogen (secondary N) is 2. The Morgan fingerprint density at radius 2 is 2.00 bits per heavy atom. The Kier molecular flexibility index (Phi) is 3.15. The molecule has 7 heteroatoms. The molecule has 0 fully saturated rings. The summed E-state index contributed by atoms with van der Waals surface area (Å²) in [4.78, 5) is 12.2. The SMILES string of the molecule is Cn1nnc2cc([C@@H]3CC(=O)Nc4n[nH]c(-c5ccccc5)c43)ccc21. The van der Waals surface area contributed by atoms with Crippen LogP contribution in [0.15, 0.2) is 48.5 Å². The van der Waals surface area contributed by atoms with Crippen LogP contribution in [0.2, 0.25) is 0 Å². The zero-order valence-corrected chi connectivity index (χ0v) is 14.1. The van der Waals surface area contributed by atoms with Crippen LogP contribution in [-0.2, 0) is 11.8 Å². The van der Waals surface area contributed by atoms with Crippen molar-refractivity contribution in [2.24, 2.45) is 7.05 Å². The molecule has 0 saturated carbocycles. The van der Waals surface area contributed by atoms with E-state index in [-0.39, 0.29) is 11.8 Å². The van der Waals surface area contributed by atoms with Crippen molar-refractivity contribution in [1.82, 2.24) is 25.2 Å². The molecule has 2 aromatic heterocycles. The minimum absolute atomic E-state index is 0.0344. The molecule has 1 atom stereocenters. The van der Waals surface area contributed by atoms with Crippen LogP contribution >= 0.6 is 0 Å². The van der Waals surface area contributed by atoms with Gasteiger partial charge in [0, 0.05) is 24.9 Å². The van der Waals surface area contributed by atoms with Gasteiger partial charge in [-0.25, -0.2) is 4.68 Å². The van der Waals surface area contributed by atoms with Gasteiger partial charge < -0.3 is 5.32 Å². The molecule has 0 bridgehead atoms. The Bertz CT molecular complexity index is 1130. The van der Waals surface area contributed by atoms with Crippen molar-refractivity contribution in [1.29, 1.82) is 0 Å². The number of amides is 1. The molecule has 7 nitrogen and oxygen atoms in total. The Labute approximate surface area is 149 Å². The van der Waals surface area contributed by atoms with Crippen LogP contribution in [0.4, 0.5) is 5.82 Å². The van der Waals surface area contributed by atoms with Crippen LogP contribution in [0.5, 0.6) is 0 Å². The number of anilines is 1. The van der Waals surface area contributed by atoms with Gasteiger partial charge in [0.1, 0.15) is 5.52 Å². The van der Waals surface area contributed by atoms with Gasteiger partial charge >= 0.3 is 0 Å². The lowest BCUT2D eigenvalue weighted by Gasteiger charge is -2.23. The molecular weight excluding hydrogens is 328 g/mol. The average molecular weight is 344 g/mol. The lowest BCUT2D eigenvalue weighted by Crippen LogP contribution is -2.23. The number of nitrogens with zero attached hydrogens (tertiary/aromatic N) is 4. The largest absolute Gasteiger partial charge is 0.309 e. The van der Waals surface area contributed by atoms with E-state index in [0.717, 1.165) is 33.4 Å². The van der Waals surface area contributed by atoms with Crippen LogP contribution < -0.4 is 5.32 Å². The zero-order chi connectivity index (χ0) is 17.7. The first-order valence-electron chi connectivity index (χ1n) is 8.43. The minimum atomic E-state index is -0.0842. The first-order valence-corrected chi connectivity index (χ1v) is 8.43. The normalized spacial score (nSPS) is 16.5. The van der Waals surface area contributed by atoms with Gasteiger partial charge in [0.25, 0.3) is 0 Å². The second-order valence-electron chi connectivity index (χ2n) is 6.49. The van der Waals surface area contributed by atoms with Crippen LogP contribution in [0.25, 0.3) is 22.3 Å². The molecular formula is C19H16N6O. The summed E-state index contributed by atoms with van der Waals surface area (Å²) in [7, 11) is 1.87. The van der Waals surface area contributed by atoms with E-state index >= 15 is 0 Å². The Morgan fingerprint density at radius 1 is 1.15 bits per heavy atom. The topological polar surface area (TPSA) is 88.5 Å². The molecule has 5 rings (SSSR count). The lowest BCUT2D eigenvalue weighted by atomic mass is 9.84. The summed E-state index contributed by atoms with van der Waals surface area (Å²) in [5.41, 5.74) is 5.81. The Morgan fingerprint density at radius 3 is 2.85 bits per heavy atom. The number of carbonyl (C=O) groups excluding carboxylic acids is 1. The van der Waals surface area contributed by atoms with Crippen LogP contribution in [0.3, 0.4) is 0 Å². The fraction of sp³-hybridized carbons (Fsp3) is 0.158. The van der Waals surface area contributed by atoms with Crippen molar-refractivity contribution in [3.63, 3.8) is 0 Å². The predicted octanol–water partition coefficient (Wildman–Crippen LogP) is 2.83. The number of aryl methyl sites for hydroxylation is 1. The third-order valence-corrected chi connectivity index (χ3v) is 4.90. The number of hydrogen-bond donors (Lipinski definition) is 2. The van der Waals surface area contributed by atoms with Gasteiger partial charge in [0.05, 0.1) is 11.2 Å². The highest BCUT2D eigenvalue weighted by Gasteiger charge is 2.32. The third-order valence-electron chi connectivity index (χ3n) is 4.90. The molecule has 1 amide bonds. The average Bonchev–Trinajstić information content (AvgIpc) is 3.25. The van der Waals surface area contributed by atoms with E-state index in [1.165, 1.54) is 0 Å². The summed E-state index contributed by atoms with van der Waals surface area (Å²) >= 11 is 0. The van der Waals surface area contributed by atoms with Crippen molar-refractivity contribution < 1.29 is 4.79 Å². The van der Waals surface area contributed by atoms with Crippen molar-refractivity contribution in [3.05, 3.63) is 59.7 Å². The molecule has 4 aromatic rings. The van der Waals surface area contributed by atoms with Crippen LogP contribution in [0, 0.1) is 0 Å². The van der Waals surface area contributed by atoms with E-state index in [1.54, 1.807) is 4.68 Å². The number of hydrogen-bond acceptors (Lipinski definition) is 4. The maximum atomic E-state index is 12.2. The summed E-state index contributed by atoms with van der Waals surface area (Å²) in [6.45, 7) is 0. The highest BCUT2D eigenvalue weighted by molar-refractivity contribution is 5.96. The quantitative estimate of drug-likeness (QED) is 0.585.